The Bertz CT molecular complexity index is 809. The van der Waals surface area contributed by atoms with E-state index in [0.29, 0.717) is 6.42 Å². The maximum atomic E-state index is 10.7. The molecule has 0 aliphatic heterocycles. The monoisotopic (exact) mass is 322 g/mol. The van der Waals surface area contributed by atoms with Gasteiger partial charge in [-0.15, -0.1) is 0 Å². The minimum Gasteiger partial charge on any atom is -0.481 e. The molecular formula is C20H22N2O2. The third kappa shape index (κ3) is 4.02. The second-order valence-corrected chi connectivity index (χ2v) is 6.00. The topological polar surface area (TPSA) is 55.1 Å². The Morgan fingerprint density at radius 3 is 2.50 bits per heavy atom. The Balaban J connectivity index is 1.75. The number of nitrogens with zero attached hydrogens (tertiary/aromatic N) is 2. The van der Waals surface area contributed by atoms with Gasteiger partial charge in [0.2, 0.25) is 0 Å². The van der Waals surface area contributed by atoms with E-state index < -0.39 is 5.97 Å². The second-order valence-electron chi connectivity index (χ2n) is 6.00. The van der Waals surface area contributed by atoms with Gasteiger partial charge in [-0.1, -0.05) is 42.5 Å². The Hall–Kier alpha value is -2.62. The highest BCUT2D eigenvalue weighted by Gasteiger charge is 2.10. The zero-order valence-corrected chi connectivity index (χ0v) is 13.7. The second kappa shape index (κ2) is 7.77. The average molecular weight is 322 g/mol. The lowest BCUT2D eigenvalue weighted by molar-refractivity contribution is -0.137. The van der Waals surface area contributed by atoms with Crippen LogP contribution in [0.2, 0.25) is 0 Å². The van der Waals surface area contributed by atoms with Crippen molar-refractivity contribution in [3.05, 3.63) is 66.0 Å². The number of carboxylic acids is 1. The van der Waals surface area contributed by atoms with Crippen LogP contribution < -0.4 is 0 Å². The first-order valence-corrected chi connectivity index (χ1v) is 8.44. The van der Waals surface area contributed by atoms with Gasteiger partial charge in [-0.05, 0) is 37.0 Å². The summed E-state index contributed by atoms with van der Waals surface area (Å²) in [5.74, 6) is 0.352. The lowest BCUT2D eigenvalue weighted by Crippen LogP contribution is -2.06. The fourth-order valence-electron chi connectivity index (χ4n) is 3.01. The van der Waals surface area contributed by atoms with Crippen LogP contribution in [0.25, 0.3) is 11.0 Å². The standard InChI is InChI=1S/C20H22N2O2/c23-20(24)12-6-7-15-22-18-11-5-4-10-17(18)21-19(22)14-13-16-8-2-1-3-9-16/h1-5,8-11H,6-7,12-15H2,(H,23,24). The van der Waals surface area contributed by atoms with E-state index in [0.717, 1.165) is 42.7 Å². The van der Waals surface area contributed by atoms with Crippen LogP contribution in [0.3, 0.4) is 0 Å². The van der Waals surface area contributed by atoms with E-state index in [-0.39, 0.29) is 6.42 Å². The molecule has 3 aromatic rings. The van der Waals surface area contributed by atoms with Gasteiger partial charge in [-0.3, -0.25) is 4.79 Å². The molecule has 3 rings (SSSR count). The van der Waals surface area contributed by atoms with Crippen LogP contribution in [-0.4, -0.2) is 20.6 Å². The fourth-order valence-corrected chi connectivity index (χ4v) is 3.01. The molecule has 0 fully saturated rings. The molecule has 0 saturated carbocycles. The highest BCUT2D eigenvalue weighted by Crippen LogP contribution is 2.18. The molecule has 4 heteroatoms. The van der Waals surface area contributed by atoms with Gasteiger partial charge in [0.15, 0.2) is 0 Å². The van der Waals surface area contributed by atoms with E-state index in [4.69, 9.17) is 10.1 Å². The summed E-state index contributed by atoms with van der Waals surface area (Å²) in [4.78, 5) is 15.5. The first kappa shape index (κ1) is 16.2. The molecule has 0 unspecified atom stereocenters. The van der Waals surface area contributed by atoms with E-state index >= 15 is 0 Å². The van der Waals surface area contributed by atoms with Crippen LogP contribution in [0.1, 0.15) is 30.7 Å². The highest BCUT2D eigenvalue weighted by atomic mass is 16.4. The first-order valence-electron chi connectivity index (χ1n) is 8.44. The van der Waals surface area contributed by atoms with Crippen molar-refractivity contribution in [3.63, 3.8) is 0 Å². The summed E-state index contributed by atoms with van der Waals surface area (Å²) in [5, 5.41) is 8.79. The average Bonchev–Trinajstić information content (AvgIpc) is 2.95. The van der Waals surface area contributed by atoms with Crippen molar-refractivity contribution >= 4 is 17.0 Å². The fraction of sp³-hybridized carbons (Fsp3) is 0.300. The molecule has 1 N–H and O–H groups in total. The summed E-state index contributed by atoms with van der Waals surface area (Å²) in [6.45, 7) is 0.817. The Kier molecular flexibility index (Phi) is 5.26. The predicted molar refractivity (Wildman–Crippen MR) is 95.1 cm³/mol. The van der Waals surface area contributed by atoms with E-state index in [1.165, 1.54) is 5.56 Å². The van der Waals surface area contributed by atoms with Crippen molar-refractivity contribution in [2.24, 2.45) is 0 Å². The molecule has 0 aliphatic carbocycles. The van der Waals surface area contributed by atoms with Crippen LogP contribution >= 0.6 is 0 Å². The third-order valence-electron chi connectivity index (χ3n) is 4.24. The molecule has 0 spiro atoms. The Labute approximate surface area is 141 Å². The van der Waals surface area contributed by atoms with Crippen molar-refractivity contribution in [1.82, 2.24) is 9.55 Å². The maximum Gasteiger partial charge on any atom is 0.303 e. The predicted octanol–water partition coefficient (Wildman–Crippen LogP) is 4.08. The first-order chi connectivity index (χ1) is 11.7. The lowest BCUT2D eigenvalue weighted by atomic mass is 10.1. The summed E-state index contributed by atoms with van der Waals surface area (Å²) in [6, 6.07) is 18.6. The molecule has 2 aromatic carbocycles. The minimum atomic E-state index is -0.727. The molecule has 124 valence electrons. The van der Waals surface area contributed by atoms with Gasteiger partial charge < -0.3 is 9.67 Å². The molecular weight excluding hydrogens is 300 g/mol. The molecule has 0 radical (unpaired) electrons. The van der Waals surface area contributed by atoms with Crippen molar-refractivity contribution in [2.75, 3.05) is 0 Å². The van der Waals surface area contributed by atoms with E-state index in [1.807, 2.05) is 24.3 Å². The number of hydrogen-bond acceptors (Lipinski definition) is 2. The number of imidazole rings is 1. The smallest absolute Gasteiger partial charge is 0.303 e. The number of carboxylic acid groups (broad SMARTS) is 1. The highest BCUT2D eigenvalue weighted by molar-refractivity contribution is 5.75. The van der Waals surface area contributed by atoms with Gasteiger partial charge in [-0.2, -0.15) is 0 Å². The van der Waals surface area contributed by atoms with Gasteiger partial charge in [0, 0.05) is 19.4 Å². The summed E-state index contributed by atoms with van der Waals surface area (Å²) in [6.07, 6.45) is 3.62. The number of aromatic nitrogens is 2. The van der Waals surface area contributed by atoms with Gasteiger partial charge >= 0.3 is 5.97 Å². The van der Waals surface area contributed by atoms with Crippen molar-refractivity contribution < 1.29 is 9.90 Å². The largest absolute Gasteiger partial charge is 0.481 e. The van der Waals surface area contributed by atoms with E-state index in [1.54, 1.807) is 0 Å². The lowest BCUT2D eigenvalue weighted by Gasteiger charge is -2.09. The zero-order chi connectivity index (χ0) is 16.8. The number of aliphatic carboxylic acids is 1. The van der Waals surface area contributed by atoms with Gasteiger partial charge in [0.1, 0.15) is 5.82 Å². The number of carbonyl (C=O) groups is 1. The molecule has 0 saturated heterocycles. The Morgan fingerprint density at radius 1 is 0.958 bits per heavy atom. The molecule has 0 amide bonds. The normalized spacial score (nSPS) is 11.0. The van der Waals surface area contributed by atoms with Crippen molar-refractivity contribution in [3.8, 4) is 0 Å². The Morgan fingerprint density at radius 2 is 1.71 bits per heavy atom. The van der Waals surface area contributed by atoms with Gasteiger partial charge in [0.25, 0.3) is 0 Å². The summed E-state index contributed by atoms with van der Waals surface area (Å²) >= 11 is 0. The number of benzene rings is 2. The minimum absolute atomic E-state index is 0.228. The van der Waals surface area contributed by atoms with E-state index in [9.17, 15) is 4.79 Å². The number of hydrogen-bond donors (Lipinski definition) is 1. The molecule has 0 aliphatic rings. The number of aryl methyl sites for hydroxylation is 3. The molecule has 4 nitrogen and oxygen atoms in total. The van der Waals surface area contributed by atoms with E-state index in [2.05, 4.69) is 34.9 Å². The van der Waals surface area contributed by atoms with Crippen molar-refractivity contribution in [1.29, 1.82) is 0 Å². The zero-order valence-electron chi connectivity index (χ0n) is 13.7. The summed E-state index contributed by atoms with van der Waals surface area (Å²) in [7, 11) is 0. The van der Waals surface area contributed by atoms with Crippen molar-refractivity contribution in [2.45, 2.75) is 38.6 Å². The quantitative estimate of drug-likeness (QED) is 0.636. The number of rotatable bonds is 8. The summed E-state index contributed by atoms with van der Waals surface area (Å²) < 4.78 is 2.25. The van der Waals surface area contributed by atoms with Gasteiger partial charge in [-0.25, -0.2) is 4.98 Å². The maximum absolute atomic E-state index is 10.7. The molecule has 0 atom stereocenters. The van der Waals surface area contributed by atoms with Crippen LogP contribution in [0, 0.1) is 0 Å². The molecule has 24 heavy (non-hydrogen) atoms. The van der Waals surface area contributed by atoms with Crippen LogP contribution in [0.15, 0.2) is 54.6 Å². The van der Waals surface area contributed by atoms with Crippen LogP contribution in [0.5, 0.6) is 0 Å². The molecule has 0 bridgehead atoms. The number of fused-ring (bicyclic) bond motifs is 1. The van der Waals surface area contributed by atoms with Crippen LogP contribution in [-0.2, 0) is 24.2 Å². The van der Waals surface area contributed by atoms with Crippen LogP contribution in [0.4, 0.5) is 0 Å². The summed E-state index contributed by atoms with van der Waals surface area (Å²) in [5.41, 5.74) is 3.46. The van der Waals surface area contributed by atoms with Gasteiger partial charge in [0.05, 0.1) is 11.0 Å². The number of para-hydroxylation sites is 2. The SMILES string of the molecule is O=C(O)CCCCn1c(CCc2ccccc2)nc2ccccc21. The molecule has 1 aromatic heterocycles. The third-order valence-corrected chi connectivity index (χ3v) is 4.24. The number of unbranched alkanes of at least 4 members (excludes halogenated alkanes) is 1. The molecule has 1 heterocycles.